The summed E-state index contributed by atoms with van der Waals surface area (Å²) in [6.07, 6.45) is 2.57. The summed E-state index contributed by atoms with van der Waals surface area (Å²) in [6, 6.07) is 7.96. The van der Waals surface area contributed by atoms with Crippen molar-refractivity contribution in [3.63, 3.8) is 0 Å². The predicted molar refractivity (Wildman–Crippen MR) is 71.6 cm³/mol. The van der Waals surface area contributed by atoms with Gasteiger partial charge in [-0.05, 0) is 18.2 Å². The van der Waals surface area contributed by atoms with Gasteiger partial charge in [0.05, 0.1) is 36.2 Å². The number of nitrogens with zero attached hydrogens (tertiary/aromatic N) is 2. The topological polar surface area (TPSA) is 95.2 Å². The standard InChI is InChI=1S/C14H11N3O3/c1-20-13-4-9(6-15)2-3-12(13)17-14(19)10-5-11(18)8-16-7-10/h2-5,7-8,18H,1H3,(H,17,19). The number of rotatable bonds is 3. The Bertz CT molecular complexity index is 692. The zero-order valence-corrected chi connectivity index (χ0v) is 10.6. The second kappa shape index (κ2) is 5.71. The molecule has 2 N–H and O–H groups in total. The van der Waals surface area contributed by atoms with E-state index in [4.69, 9.17) is 10.00 Å². The fraction of sp³-hybridized carbons (Fsp3) is 0.0714. The van der Waals surface area contributed by atoms with Gasteiger partial charge < -0.3 is 15.2 Å². The molecule has 0 unspecified atom stereocenters. The molecule has 0 spiro atoms. The van der Waals surface area contributed by atoms with E-state index in [1.807, 2.05) is 6.07 Å². The number of aromatic hydroxyl groups is 1. The molecule has 1 aromatic carbocycles. The lowest BCUT2D eigenvalue weighted by Gasteiger charge is -2.10. The highest BCUT2D eigenvalue weighted by Gasteiger charge is 2.11. The van der Waals surface area contributed by atoms with Gasteiger partial charge in [0.2, 0.25) is 0 Å². The summed E-state index contributed by atoms with van der Waals surface area (Å²) < 4.78 is 5.12. The monoisotopic (exact) mass is 269 g/mol. The van der Waals surface area contributed by atoms with Crippen LogP contribution in [0.25, 0.3) is 0 Å². The smallest absolute Gasteiger partial charge is 0.257 e. The number of hydrogen-bond donors (Lipinski definition) is 2. The van der Waals surface area contributed by atoms with E-state index < -0.39 is 5.91 Å². The Morgan fingerprint density at radius 1 is 1.40 bits per heavy atom. The third kappa shape index (κ3) is 2.84. The quantitative estimate of drug-likeness (QED) is 0.887. The summed E-state index contributed by atoms with van der Waals surface area (Å²) in [5.74, 6) is -0.147. The summed E-state index contributed by atoms with van der Waals surface area (Å²) >= 11 is 0. The van der Waals surface area contributed by atoms with Gasteiger partial charge in [0, 0.05) is 12.3 Å². The largest absolute Gasteiger partial charge is 0.506 e. The van der Waals surface area contributed by atoms with Crippen molar-refractivity contribution in [2.75, 3.05) is 12.4 Å². The lowest BCUT2D eigenvalue weighted by Crippen LogP contribution is -2.12. The van der Waals surface area contributed by atoms with Crippen molar-refractivity contribution in [2.24, 2.45) is 0 Å². The number of carbonyl (C=O) groups excluding carboxylic acids is 1. The van der Waals surface area contributed by atoms with Crippen molar-refractivity contribution in [2.45, 2.75) is 0 Å². The van der Waals surface area contributed by atoms with Crippen molar-refractivity contribution in [3.8, 4) is 17.6 Å². The first-order valence-electron chi connectivity index (χ1n) is 5.67. The lowest BCUT2D eigenvalue weighted by atomic mass is 10.2. The Hall–Kier alpha value is -3.07. The number of nitrogens with one attached hydrogen (secondary N) is 1. The van der Waals surface area contributed by atoms with Crippen molar-refractivity contribution in [1.82, 2.24) is 4.98 Å². The second-order valence-electron chi connectivity index (χ2n) is 3.91. The molecule has 1 aromatic heterocycles. The van der Waals surface area contributed by atoms with Crippen LogP contribution in [-0.2, 0) is 0 Å². The van der Waals surface area contributed by atoms with Gasteiger partial charge in [-0.2, -0.15) is 5.26 Å². The van der Waals surface area contributed by atoms with E-state index in [0.717, 1.165) is 0 Å². The van der Waals surface area contributed by atoms with E-state index in [2.05, 4.69) is 10.3 Å². The summed E-state index contributed by atoms with van der Waals surface area (Å²) in [5, 5.41) is 20.7. The number of hydrogen-bond acceptors (Lipinski definition) is 5. The first-order valence-corrected chi connectivity index (χ1v) is 5.67. The summed E-state index contributed by atoms with van der Waals surface area (Å²) in [5.41, 5.74) is 1.08. The summed E-state index contributed by atoms with van der Waals surface area (Å²) in [7, 11) is 1.45. The summed E-state index contributed by atoms with van der Waals surface area (Å²) in [4.78, 5) is 15.7. The predicted octanol–water partition coefficient (Wildman–Crippen LogP) is 1.92. The highest BCUT2D eigenvalue weighted by atomic mass is 16.5. The Morgan fingerprint density at radius 2 is 2.20 bits per heavy atom. The maximum atomic E-state index is 12.0. The van der Waals surface area contributed by atoms with Crippen LogP contribution in [0.3, 0.4) is 0 Å². The molecular formula is C14H11N3O3. The molecule has 6 heteroatoms. The minimum Gasteiger partial charge on any atom is -0.506 e. The van der Waals surface area contributed by atoms with Crippen LogP contribution >= 0.6 is 0 Å². The zero-order valence-electron chi connectivity index (χ0n) is 10.6. The molecule has 0 aliphatic rings. The van der Waals surface area contributed by atoms with Gasteiger partial charge in [-0.25, -0.2) is 0 Å². The van der Waals surface area contributed by atoms with Crippen LogP contribution < -0.4 is 10.1 Å². The second-order valence-corrected chi connectivity index (χ2v) is 3.91. The van der Waals surface area contributed by atoms with E-state index >= 15 is 0 Å². The van der Waals surface area contributed by atoms with Gasteiger partial charge in [0.25, 0.3) is 5.91 Å². The molecule has 2 aromatic rings. The maximum absolute atomic E-state index is 12.0. The van der Waals surface area contributed by atoms with Crippen LogP contribution in [-0.4, -0.2) is 23.1 Å². The van der Waals surface area contributed by atoms with E-state index in [1.54, 1.807) is 12.1 Å². The SMILES string of the molecule is COc1cc(C#N)ccc1NC(=O)c1cncc(O)c1. The molecule has 0 saturated heterocycles. The van der Waals surface area contributed by atoms with Gasteiger partial charge in [-0.3, -0.25) is 9.78 Å². The highest BCUT2D eigenvalue weighted by Crippen LogP contribution is 2.26. The minimum atomic E-state index is -0.434. The van der Waals surface area contributed by atoms with E-state index in [1.165, 1.54) is 31.6 Å². The third-order valence-corrected chi connectivity index (χ3v) is 2.56. The van der Waals surface area contributed by atoms with Gasteiger partial charge in [-0.15, -0.1) is 0 Å². The fourth-order valence-corrected chi connectivity index (χ4v) is 1.61. The minimum absolute atomic E-state index is 0.0931. The number of anilines is 1. The van der Waals surface area contributed by atoms with E-state index in [9.17, 15) is 9.90 Å². The number of pyridine rings is 1. The molecule has 20 heavy (non-hydrogen) atoms. The molecule has 1 heterocycles. The van der Waals surface area contributed by atoms with E-state index in [0.29, 0.717) is 17.0 Å². The Kier molecular flexibility index (Phi) is 3.82. The molecule has 0 bridgehead atoms. The number of methoxy groups -OCH3 is 1. The molecule has 0 saturated carbocycles. The third-order valence-electron chi connectivity index (χ3n) is 2.56. The van der Waals surface area contributed by atoms with Crippen LogP contribution in [0.1, 0.15) is 15.9 Å². The van der Waals surface area contributed by atoms with Gasteiger partial charge in [0.15, 0.2) is 0 Å². The van der Waals surface area contributed by atoms with Crippen molar-refractivity contribution < 1.29 is 14.6 Å². The number of benzene rings is 1. The van der Waals surface area contributed by atoms with Crippen molar-refractivity contribution in [1.29, 1.82) is 5.26 Å². The van der Waals surface area contributed by atoms with Crippen LogP contribution in [0.4, 0.5) is 5.69 Å². The highest BCUT2D eigenvalue weighted by molar-refractivity contribution is 6.05. The first-order chi connectivity index (χ1) is 9.63. The number of amides is 1. The van der Waals surface area contributed by atoms with Crippen molar-refractivity contribution >= 4 is 11.6 Å². The number of aromatic nitrogens is 1. The average molecular weight is 269 g/mol. The zero-order chi connectivity index (χ0) is 14.5. The molecule has 0 radical (unpaired) electrons. The molecule has 0 aliphatic carbocycles. The molecular weight excluding hydrogens is 258 g/mol. The maximum Gasteiger partial charge on any atom is 0.257 e. The molecule has 0 aliphatic heterocycles. The molecule has 0 fully saturated rings. The number of nitriles is 1. The molecule has 100 valence electrons. The normalized spacial score (nSPS) is 9.60. The summed E-state index contributed by atoms with van der Waals surface area (Å²) in [6.45, 7) is 0. The molecule has 6 nitrogen and oxygen atoms in total. The van der Waals surface area contributed by atoms with Gasteiger partial charge in [-0.1, -0.05) is 0 Å². The average Bonchev–Trinajstić information content (AvgIpc) is 2.47. The van der Waals surface area contributed by atoms with E-state index in [-0.39, 0.29) is 11.3 Å². The van der Waals surface area contributed by atoms with Crippen LogP contribution in [0.15, 0.2) is 36.7 Å². The Labute approximate surface area is 115 Å². The molecule has 1 amide bonds. The van der Waals surface area contributed by atoms with Crippen LogP contribution in [0.5, 0.6) is 11.5 Å². The molecule has 0 atom stereocenters. The first kappa shape index (κ1) is 13.4. The van der Waals surface area contributed by atoms with Crippen molar-refractivity contribution in [3.05, 3.63) is 47.8 Å². The Morgan fingerprint density at radius 3 is 2.85 bits per heavy atom. The van der Waals surface area contributed by atoms with Gasteiger partial charge in [0.1, 0.15) is 11.5 Å². The van der Waals surface area contributed by atoms with Gasteiger partial charge >= 0.3 is 0 Å². The Balaban J connectivity index is 2.26. The molecule has 2 rings (SSSR count). The van der Waals surface area contributed by atoms with Crippen LogP contribution in [0.2, 0.25) is 0 Å². The van der Waals surface area contributed by atoms with Crippen LogP contribution in [0, 0.1) is 11.3 Å². The number of carbonyl (C=O) groups is 1. The number of ether oxygens (including phenoxy) is 1. The lowest BCUT2D eigenvalue weighted by molar-refractivity contribution is 0.102. The fourth-order valence-electron chi connectivity index (χ4n) is 1.61.